The highest BCUT2D eigenvalue weighted by atomic mass is 16.2. The molecule has 6 nitrogen and oxygen atoms in total. The molecule has 2 heterocycles. The van der Waals surface area contributed by atoms with Crippen LogP contribution in [0.15, 0.2) is 65.5 Å². The van der Waals surface area contributed by atoms with Gasteiger partial charge in [0, 0.05) is 5.69 Å². The topological polar surface area (TPSA) is 60.1 Å². The van der Waals surface area contributed by atoms with E-state index in [0.717, 1.165) is 11.3 Å². The fourth-order valence-electron chi connectivity index (χ4n) is 2.78. The molecule has 0 fully saturated rings. The molecule has 0 saturated carbocycles. The smallest absolute Gasteiger partial charge is 0.285 e. The number of aromatic nitrogens is 3. The van der Waals surface area contributed by atoms with Gasteiger partial charge in [0.05, 0.1) is 13.1 Å². The fraction of sp³-hybridized carbons (Fsp3) is 0.118. The Bertz CT molecular complexity index is 913. The van der Waals surface area contributed by atoms with Crippen LogP contribution in [0.4, 0.5) is 10.5 Å². The van der Waals surface area contributed by atoms with Gasteiger partial charge in [-0.25, -0.2) is 14.3 Å². The number of benzene rings is 2. The Hall–Kier alpha value is -3.15. The summed E-state index contributed by atoms with van der Waals surface area (Å²) in [6.45, 7) is 0.626. The lowest BCUT2D eigenvalue weighted by Crippen LogP contribution is -2.34. The molecule has 1 aliphatic heterocycles. The Balaban J connectivity index is 1.72. The number of carbonyl (C=O) groups excluding carboxylic acids is 1. The molecule has 3 aromatic rings. The van der Waals surface area contributed by atoms with Gasteiger partial charge in [0.15, 0.2) is 5.82 Å². The zero-order chi connectivity index (χ0) is 15.8. The van der Waals surface area contributed by atoms with Crippen LogP contribution in [-0.2, 0) is 13.1 Å². The average Bonchev–Trinajstić information content (AvgIpc) is 3.06. The molecule has 2 aromatic carbocycles. The first-order chi connectivity index (χ1) is 11.2. The van der Waals surface area contributed by atoms with Gasteiger partial charge in [-0.15, -0.1) is 0 Å². The molecular weight excluding hydrogens is 292 g/mol. The molecule has 114 valence electrons. The molecule has 0 radical (unpaired) electrons. The van der Waals surface area contributed by atoms with Crippen LogP contribution in [0.3, 0.4) is 0 Å². The molecule has 0 N–H and O–H groups in total. The molecule has 0 saturated heterocycles. The molecule has 1 aliphatic rings. The van der Waals surface area contributed by atoms with Crippen molar-refractivity contribution >= 4 is 11.7 Å². The highest BCUT2D eigenvalue weighted by molar-refractivity contribution is 5.95. The lowest BCUT2D eigenvalue weighted by Gasteiger charge is -2.15. The largest absolute Gasteiger partial charge is 0.364 e. The maximum Gasteiger partial charge on any atom is 0.364 e. The first-order valence-electron chi connectivity index (χ1n) is 7.33. The number of carbonyl (C=O) groups is 1. The van der Waals surface area contributed by atoms with Crippen molar-refractivity contribution in [3.05, 3.63) is 82.5 Å². The van der Waals surface area contributed by atoms with Crippen LogP contribution in [0.2, 0.25) is 0 Å². The van der Waals surface area contributed by atoms with Crippen molar-refractivity contribution in [3.8, 4) is 0 Å². The van der Waals surface area contributed by atoms with E-state index in [1.54, 1.807) is 4.90 Å². The molecular formula is C17H14N4O2. The van der Waals surface area contributed by atoms with Crippen LogP contribution in [0.25, 0.3) is 0 Å². The van der Waals surface area contributed by atoms with E-state index in [1.807, 2.05) is 60.7 Å². The second-order valence-corrected chi connectivity index (χ2v) is 5.37. The normalized spacial score (nSPS) is 13.4. The SMILES string of the molecule is O=C1N(c2ccccc2)Cc2nc(=O)n(Cc3ccccc3)n21. The number of fused-ring (bicyclic) bond motifs is 1. The molecule has 0 unspecified atom stereocenters. The summed E-state index contributed by atoms with van der Waals surface area (Å²) < 4.78 is 2.76. The molecule has 23 heavy (non-hydrogen) atoms. The molecule has 1 amide bonds. The number of amides is 1. The number of hydrogen-bond donors (Lipinski definition) is 0. The quantitative estimate of drug-likeness (QED) is 0.744. The third-order valence-corrected chi connectivity index (χ3v) is 3.89. The van der Waals surface area contributed by atoms with Gasteiger partial charge < -0.3 is 0 Å². The Morgan fingerprint density at radius 2 is 1.57 bits per heavy atom. The molecule has 6 heteroatoms. The van der Waals surface area contributed by atoms with E-state index in [9.17, 15) is 9.59 Å². The molecule has 0 bridgehead atoms. The van der Waals surface area contributed by atoms with E-state index < -0.39 is 5.69 Å². The Morgan fingerprint density at radius 3 is 2.26 bits per heavy atom. The Labute approximate surface area is 132 Å². The molecule has 0 atom stereocenters. The van der Waals surface area contributed by atoms with Crippen molar-refractivity contribution in [1.29, 1.82) is 0 Å². The summed E-state index contributed by atoms with van der Waals surface area (Å²) >= 11 is 0. The van der Waals surface area contributed by atoms with Crippen molar-refractivity contribution in [2.24, 2.45) is 0 Å². The lowest BCUT2D eigenvalue weighted by molar-refractivity contribution is 0.244. The Morgan fingerprint density at radius 1 is 0.913 bits per heavy atom. The minimum Gasteiger partial charge on any atom is -0.285 e. The summed E-state index contributed by atoms with van der Waals surface area (Å²) in [6, 6.07) is 18.7. The van der Waals surface area contributed by atoms with Gasteiger partial charge in [-0.05, 0) is 17.7 Å². The van der Waals surface area contributed by atoms with E-state index in [1.165, 1.54) is 9.36 Å². The summed E-state index contributed by atoms with van der Waals surface area (Å²) in [7, 11) is 0. The third-order valence-electron chi connectivity index (χ3n) is 3.89. The van der Waals surface area contributed by atoms with Crippen molar-refractivity contribution in [1.82, 2.24) is 14.3 Å². The average molecular weight is 306 g/mol. The Kier molecular flexibility index (Phi) is 3.08. The highest BCUT2D eigenvalue weighted by Gasteiger charge is 2.33. The minimum absolute atomic E-state index is 0.253. The number of hydrogen-bond acceptors (Lipinski definition) is 3. The predicted octanol–water partition coefficient (Wildman–Crippen LogP) is 2.08. The van der Waals surface area contributed by atoms with Crippen molar-refractivity contribution in [2.45, 2.75) is 13.1 Å². The second-order valence-electron chi connectivity index (χ2n) is 5.37. The highest BCUT2D eigenvalue weighted by Crippen LogP contribution is 2.22. The molecule has 4 rings (SSSR count). The monoisotopic (exact) mass is 306 g/mol. The van der Waals surface area contributed by atoms with Gasteiger partial charge in [-0.1, -0.05) is 48.5 Å². The second kappa shape index (κ2) is 5.24. The first-order valence-corrected chi connectivity index (χ1v) is 7.33. The standard InChI is InChI=1S/C17H14N4O2/c22-16-18-15-12-19(14-9-5-2-6-10-14)17(23)21(15)20(16)11-13-7-3-1-4-8-13/h1-10H,11-12H2. The molecule has 0 spiro atoms. The van der Waals surface area contributed by atoms with Crippen molar-refractivity contribution in [3.63, 3.8) is 0 Å². The van der Waals surface area contributed by atoms with Crippen molar-refractivity contribution in [2.75, 3.05) is 4.90 Å². The number of nitrogens with zero attached hydrogens (tertiary/aromatic N) is 4. The van der Waals surface area contributed by atoms with Crippen LogP contribution in [0.5, 0.6) is 0 Å². The van der Waals surface area contributed by atoms with E-state index in [0.29, 0.717) is 18.9 Å². The summed E-state index contributed by atoms with van der Waals surface area (Å²) in [6.07, 6.45) is 0. The molecule has 1 aromatic heterocycles. The predicted molar refractivity (Wildman–Crippen MR) is 85.5 cm³/mol. The van der Waals surface area contributed by atoms with E-state index in [2.05, 4.69) is 4.98 Å². The summed E-state index contributed by atoms with van der Waals surface area (Å²) in [5.74, 6) is 0.472. The summed E-state index contributed by atoms with van der Waals surface area (Å²) in [4.78, 5) is 30.5. The van der Waals surface area contributed by atoms with Crippen LogP contribution >= 0.6 is 0 Å². The van der Waals surface area contributed by atoms with Crippen LogP contribution < -0.4 is 10.6 Å². The summed E-state index contributed by atoms with van der Waals surface area (Å²) in [5, 5.41) is 0. The molecule has 0 aliphatic carbocycles. The number of anilines is 1. The number of para-hydroxylation sites is 1. The zero-order valence-corrected chi connectivity index (χ0v) is 12.3. The van der Waals surface area contributed by atoms with Gasteiger partial charge in [-0.3, -0.25) is 4.90 Å². The maximum absolute atomic E-state index is 12.7. The number of rotatable bonds is 3. The van der Waals surface area contributed by atoms with E-state index >= 15 is 0 Å². The van der Waals surface area contributed by atoms with Gasteiger partial charge in [0.2, 0.25) is 0 Å². The van der Waals surface area contributed by atoms with Crippen LogP contribution in [-0.4, -0.2) is 20.4 Å². The maximum atomic E-state index is 12.7. The minimum atomic E-state index is -0.398. The van der Waals surface area contributed by atoms with Gasteiger partial charge >= 0.3 is 11.7 Å². The van der Waals surface area contributed by atoms with Crippen LogP contribution in [0, 0.1) is 0 Å². The van der Waals surface area contributed by atoms with E-state index in [-0.39, 0.29) is 6.03 Å². The van der Waals surface area contributed by atoms with Gasteiger partial charge in [0.1, 0.15) is 0 Å². The van der Waals surface area contributed by atoms with Gasteiger partial charge in [0.25, 0.3) is 0 Å². The van der Waals surface area contributed by atoms with Crippen LogP contribution in [0.1, 0.15) is 11.4 Å². The van der Waals surface area contributed by atoms with Crippen molar-refractivity contribution < 1.29 is 4.79 Å². The lowest BCUT2D eigenvalue weighted by atomic mass is 10.2. The van der Waals surface area contributed by atoms with E-state index in [4.69, 9.17) is 0 Å². The first kappa shape index (κ1) is 13.5. The third kappa shape index (κ3) is 2.24. The van der Waals surface area contributed by atoms with Gasteiger partial charge in [-0.2, -0.15) is 9.67 Å². The zero-order valence-electron chi connectivity index (χ0n) is 12.3. The summed E-state index contributed by atoms with van der Waals surface area (Å²) in [5.41, 5.74) is 1.34. The fourth-order valence-corrected chi connectivity index (χ4v) is 2.78.